The molecule has 0 aliphatic rings. The van der Waals surface area contributed by atoms with Gasteiger partial charge in [0.25, 0.3) is 0 Å². The number of aliphatic hydroxyl groups is 1. The molecular formula is C23H32N2O5. The zero-order valence-corrected chi connectivity index (χ0v) is 18.4. The first-order valence-electron chi connectivity index (χ1n) is 9.68. The number of esters is 1. The van der Waals surface area contributed by atoms with Crippen LogP contribution >= 0.6 is 0 Å². The van der Waals surface area contributed by atoms with Crippen molar-refractivity contribution in [3.05, 3.63) is 59.2 Å². The van der Waals surface area contributed by atoms with Crippen LogP contribution in [0.3, 0.4) is 0 Å². The van der Waals surface area contributed by atoms with Crippen LogP contribution in [0.25, 0.3) is 0 Å². The molecule has 0 aliphatic carbocycles. The number of aromatic carboxylic acids is 1. The summed E-state index contributed by atoms with van der Waals surface area (Å²) in [5.74, 6) is -1.71. The molecule has 0 aromatic heterocycles. The lowest BCUT2D eigenvalue weighted by molar-refractivity contribution is -0.177. The minimum Gasteiger partial charge on any atom is -0.478 e. The maximum atomic E-state index is 11.1. The minimum atomic E-state index is -1.85. The number of nitrogens with one attached hydrogen (secondary N) is 1. The fourth-order valence-corrected chi connectivity index (χ4v) is 2.32. The van der Waals surface area contributed by atoms with Crippen LogP contribution in [0.15, 0.2) is 42.5 Å². The van der Waals surface area contributed by atoms with Gasteiger partial charge in [-0.15, -0.1) is 0 Å². The molecule has 1 atom stereocenters. The summed E-state index contributed by atoms with van der Waals surface area (Å²) in [6, 6.07) is 12.8. The number of carboxylic acids is 1. The standard InChI is InChI=1S/C15H15NO2.C8H17NO3/c1-10-6-5-9-13(11(10)2)16-14-8-4-3-7-12(14)15(17)18;1-5-8(9,11)6(10)12-7(2,3)4/h3-9,16H,1-2H3,(H,17,18);11H,5,9H2,1-4H3. The van der Waals surface area contributed by atoms with Gasteiger partial charge in [0, 0.05) is 5.69 Å². The van der Waals surface area contributed by atoms with Crippen molar-refractivity contribution >= 4 is 23.3 Å². The van der Waals surface area contributed by atoms with E-state index in [-0.39, 0.29) is 12.0 Å². The van der Waals surface area contributed by atoms with E-state index < -0.39 is 23.3 Å². The number of hydrogen-bond donors (Lipinski definition) is 4. The van der Waals surface area contributed by atoms with Crippen LogP contribution < -0.4 is 11.1 Å². The van der Waals surface area contributed by atoms with Gasteiger partial charge in [0.2, 0.25) is 5.72 Å². The van der Waals surface area contributed by atoms with E-state index in [1.165, 1.54) is 5.56 Å². The van der Waals surface area contributed by atoms with Crippen LogP contribution in [-0.2, 0) is 9.53 Å². The van der Waals surface area contributed by atoms with Crippen molar-refractivity contribution in [2.24, 2.45) is 5.73 Å². The summed E-state index contributed by atoms with van der Waals surface area (Å²) in [6.45, 7) is 10.8. The molecule has 0 saturated carbocycles. The first kappa shape index (κ1) is 25.1. The number of carbonyl (C=O) groups excluding carboxylic acids is 1. The van der Waals surface area contributed by atoms with Gasteiger partial charge in [-0.3, -0.25) is 5.73 Å². The van der Waals surface area contributed by atoms with Gasteiger partial charge in [-0.25, -0.2) is 9.59 Å². The van der Waals surface area contributed by atoms with Gasteiger partial charge < -0.3 is 20.3 Å². The number of benzene rings is 2. The summed E-state index contributed by atoms with van der Waals surface area (Å²) in [6.07, 6.45) is 0.141. The first-order valence-corrected chi connectivity index (χ1v) is 9.68. The van der Waals surface area contributed by atoms with E-state index in [0.29, 0.717) is 5.69 Å². The number of nitrogens with two attached hydrogens (primary N) is 1. The molecule has 0 spiro atoms. The van der Waals surface area contributed by atoms with E-state index in [0.717, 1.165) is 11.3 Å². The third-order valence-corrected chi connectivity index (χ3v) is 4.32. The molecule has 2 aromatic rings. The van der Waals surface area contributed by atoms with Crippen LogP contribution in [0.1, 0.15) is 55.6 Å². The van der Waals surface area contributed by atoms with Crippen LogP contribution in [0, 0.1) is 13.8 Å². The van der Waals surface area contributed by atoms with E-state index in [2.05, 4.69) is 5.32 Å². The molecule has 0 amide bonds. The summed E-state index contributed by atoms with van der Waals surface area (Å²) < 4.78 is 4.88. The van der Waals surface area contributed by atoms with E-state index in [1.54, 1.807) is 45.9 Å². The molecule has 0 aliphatic heterocycles. The highest BCUT2D eigenvalue weighted by atomic mass is 16.6. The van der Waals surface area contributed by atoms with Crippen molar-refractivity contribution in [1.82, 2.24) is 0 Å². The molecule has 7 heteroatoms. The first-order chi connectivity index (χ1) is 13.8. The Balaban J connectivity index is 0.000000329. The van der Waals surface area contributed by atoms with E-state index in [9.17, 15) is 14.7 Å². The Morgan fingerprint density at radius 2 is 1.60 bits per heavy atom. The van der Waals surface area contributed by atoms with Crippen LogP contribution in [0.5, 0.6) is 0 Å². The maximum absolute atomic E-state index is 11.1. The summed E-state index contributed by atoms with van der Waals surface area (Å²) in [5, 5.41) is 21.6. The topological polar surface area (TPSA) is 122 Å². The molecule has 0 radical (unpaired) electrons. The van der Waals surface area contributed by atoms with Crippen molar-refractivity contribution in [1.29, 1.82) is 0 Å². The monoisotopic (exact) mass is 416 g/mol. The lowest BCUT2D eigenvalue weighted by atomic mass is 10.1. The molecule has 164 valence electrons. The predicted octanol–water partition coefficient (Wildman–Crippen LogP) is 4.13. The van der Waals surface area contributed by atoms with Crippen LogP contribution in [0.4, 0.5) is 11.4 Å². The molecule has 0 bridgehead atoms. The lowest BCUT2D eigenvalue weighted by Crippen LogP contribution is -2.50. The Bertz CT molecular complexity index is 885. The number of aryl methyl sites for hydroxylation is 1. The van der Waals surface area contributed by atoms with E-state index >= 15 is 0 Å². The molecular weight excluding hydrogens is 384 g/mol. The van der Waals surface area contributed by atoms with Crippen molar-refractivity contribution < 1.29 is 24.5 Å². The molecule has 2 rings (SSSR count). The van der Waals surface area contributed by atoms with Gasteiger partial charge in [0.05, 0.1) is 11.3 Å². The SMILES string of the molecule is CCC(N)(O)C(=O)OC(C)(C)C.Cc1cccc(Nc2ccccc2C(=O)O)c1C. The zero-order valence-electron chi connectivity index (χ0n) is 18.4. The Labute approximate surface area is 177 Å². The number of hydrogen-bond acceptors (Lipinski definition) is 6. The number of para-hydroxylation sites is 1. The highest BCUT2D eigenvalue weighted by Gasteiger charge is 2.33. The Morgan fingerprint density at radius 3 is 2.13 bits per heavy atom. The second-order valence-electron chi connectivity index (χ2n) is 8.00. The van der Waals surface area contributed by atoms with Gasteiger partial charge in [-0.2, -0.15) is 0 Å². The second kappa shape index (κ2) is 10.2. The van der Waals surface area contributed by atoms with Crippen molar-refractivity contribution in [2.75, 3.05) is 5.32 Å². The van der Waals surface area contributed by atoms with Gasteiger partial charge in [0.15, 0.2) is 0 Å². The molecule has 30 heavy (non-hydrogen) atoms. The fourth-order valence-electron chi connectivity index (χ4n) is 2.32. The summed E-state index contributed by atoms with van der Waals surface area (Å²) in [7, 11) is 0. The molecule has 0 heterocycles. The third kappa shape index (κ3) is 7.50. The normalized spacial score (nSPS) is 12.8. The molecule has 0 fully saturated rings. The molecule has 0 saturated heterocycles. The summed E-state index contributed by atoms with van der Waals surface area (Å²) >= 11 is 0. The number of ether oxygens (including phenoxy) is 1. The third-order valence-electron chi connectivity index (χ3n) is 4.32. The predicted molar refractivity (Wildman–Crippen MR) is 118 cm³/mol. The quantitative estimate of drug-likeness (QED) is 0.427. The Hall–Kier alpha value is -2.90. The van der Waals surface area contributed by atoms with Crippen molar-refractivity contribution in [3.63, 3.8) is 0 Å². The van der Waals surface area contributed by atoms with Gasteiger partial charge >= 0.3 is 11.9 Å². The second-order valence-corrected chi connectivity index (χ2v) is 8.00. The maximum Gasteiger partial charge on any atom is 0.353 e. The number of carboxylic acid groups (broad SMARTS) is 1. The summed E-state index contributed by atoms with van der Waals surface area (Å²) in [4.78, 5) is 22.2. The molecule has 2 aromatic carbocycles. The zero-order chi connectivity index (χ0) is 23.1. The smallest absolute Gasteiger partial charge is 0.353 e. The lowest BCUT2D eigenvalue weighted by Gasteiger charge is -2.26. The highest BCUT2D eigenvalue weighted by Crippen LogP contribution is 2.25. The Kier molecular flexibility index (Phi) is 8.57. The highest BCUT2D eigenvalue weighted by molar-refractivity contribution is 5.95. The number of anilines is 2. The van der Waals surface area contributed by atoms with Gasteiger partial charge in [0.1, 0.15) is 5.60 Å². The van der Waals surface area contributed by atoms with Crippen LogP contribution in [0.2, 0.25) is 0 Å². The average molecular weight is 417 g/mol. The summed E-state index contributed by atoms with van der Waals surface area (Å²) in [5.41, 5.74) is 6.90. The van der Waals surface area contributed by atoms with Crippen molar-refractivity contribution in [2.45, 2.75) is 59.3 Å². The Morgan fingerprint density at radius 1 is 1.03 bits per heavy atom. The van der Waals surface area contributed by atoms with Gasteiger partial charge in [-0.1, -0.05) is 31.2 Å². The molecule has 7 nitrogen and oxygen atoms in total. The van der Waals surface area contributed by atoms with Gasteiger partial charge in [-0.05, 0) is 70.4 Å². The average Bonchev–Trinajstić information content (AvgIpc) is 2.65. The van der Waals surface area contributed by atoms with Crippen LogP contribution in [-0.4, -0.2) is 33.5 Å². The number of rotatable bonds is 5. The van der Waals surface area contributed by atoms with E-state index in [4.69, 9.17) is 15.6 Å². The minimum absolute atomic E-state index is 0.141. The number of carbonyl (C=O) groups is 2. The fraction of sp³-hybridized carbons (Fsp3) is 0.391. The molecule has 1 unspecified atom stereocenters. The van der Waals surface area contributed by atoms with E-state index in [1.807, 2.05) is 38.1 Å². The largest absolute Gasteiger partial charge is 0.478 e. The van der Waals surface area contributed by atoms with Crippen molar-refractivity contribution in [3.8, 4) is 0 Å². The molecule has 5 N–H and O–H groups in total.